The maximum atomic E-state index is 5.72. The molecule has 0 radical (unpaired) electrons. The second-order valence-corrected chi connectivity index (χ2v) is 6.03. The number of benzene rings is 1. The largest absolute Gasteiger partial charge is 0.389 e. The molecule has 0 unspecified atom stereocenters. The highest BCUT2D eigenvalue weighted by molar-refractivity contribution is 7.98. The average Bonchev–Trinajstić information content (AvgIpc) is 2.38. The zero-order chi connectivity index (χ0) is 13.2. The quantitative estimate of drug-likeness (QED) is 0.532. The van der Waals surface area contributed by atoms with Gasteiger partial charge < -0.3 is 5.73 Å². The van der Waals surface area contributed by atoms with Gasteiger partial charge in [-0.1, -0.05) is 69.1 Å². The molecule has 18 heavy (non-hydrogen) atoms. The van der Waals surface area contributed by atoms with Crippen molar-refractivity contribution in [3.05, 3.63) is 35.4 Å². The fourth-order valence-corrected chi connectivity index (χ4v) is 3.10. The highest BCUT2D eigenvalue weighted by Gasteiger charge is 2.03. The molecule has 1 nitrogen and oxygen atoms in total. The first-order valence-corrected chi connectivity index (χ1v) is 8.27. The number of rotatable bonds is 9. The van der Waals surface area contributed by atoms with E-state index in [4.69, 9.17) is 18.0 Å². The molecule has 1 aromatic rings. The summed E-state index contributed by atoms with van der Waals surface area (Å²) < 4.78 is 0. The molecule has 0 heterocycles. The predicted molar refractivity (Wildman–Crippen MR) is 87.3 cm³/mol. The predicted octanol–water partition coefficient (Wildman–Crippen LogP) is 4.52. The summed E-state index contributed by atoms with van der Waals surface area (Å²) >= 11 is 7.05. The maximum absolute atomic E-state index is 5.72. The molecule has 0 aliphatic heterocycles. The van der Waals surface area contributed by atoms with Crippen molar-refractivity contribution in [2.24, 2.45) is 5.73 Å². The summed E-state index contributed by atoms with van der Waals surface area (Å²) in [5.74, 6) is 2.25. The van der Waals surface area contributed by atoms with Gasteiger partial charge in [0.25, 0.3) is 0 Å². The molecule has 2 N–H and O–H groups in total. The molecule has 0 saturated heterocycles. The maximum Gasteiger partial charge on any atom is 0.104 e. The highest BCUT2D eigenvalue weighted by Crippen LogP contribution is 2.18. The third-order valence-electron chi connectivity index (χ3n) is 2.93. The van der Waals surface area contributed by atoms with Crippen LogP contribution in [0.5, 0.6) is 0 Å². The summed E-state index contributed by atoms with van der Waals surface area (Å²) in [6.07, 6.45) is 6.74. The van der Waals surface area contributed by atoms with Crippen LogP contribution in [0.4, 0.5) is 0 Å². The molecule has 0 saturated carbocycles. The van der Waals surface area contributed by atoms with E-state index < -0.39 is 0 Å². The Labute approximate surface area is 121 Å². The van der Waals surface area contributed by atoms with Crippen molar-refractivity contribution in [1.82, 2.24) is 0 Å². The van der Waals surface area contributed by atoms with Gasteiger partial charge in [0.15, 0.2) is 0 Å². The topological polar surface area (TPSA) is 26.0 Å². The molecule has 0 atom stereocenters. The minimum Gasteiger partial charge on any atom is -0.389 e. The van der Waals surface area contributed by atoms with Crippen LogP contribution in [0.25, 0.3) is 0 Å². The first-order valence-electron chi connectivity index (χ1n) is 6.71. The monoisotopic (exact) mass is 281 g/mol. The van der Waals surface area contributed by atoms with Gasteiger partial charge in [0, 0.05) is 11.3 Å². The van der Waals surface area contributed by atoms with Crippen LogP contribution in [0.2, 0.25) is 0 Å². The molecule has 3 heteroatoms. The van der Waals surface area contributed by atoms with Gasteiger partial charge in [-0.2, -0.15) is 11.8 Å². The van der Waals surface area contributed by atoms with Crippen molar-refractivity contribution in [1.29, 1.82) is 0 Å². The van der Waals surface area contributed by atoms with Gasteiger partial charge in [-0.15, -0.1) is 0 Å². The van der Waals surface area contributed by atoms with E-state index in [2.05, 4.69) is 19.1 Å². The van der Waals surface area contributed by atoms with Gasteiger partial charge in [-0.05, 0) is 17.7 Å². The molecule has 0 amide bonds. The van der Waals surface area contributed by atoms with E-state index in [1.165, 1.54) is 43.4 Å². The Balaban J connectivity index is 2.25. The van der Waals surface area contributed by atoms with Crippen molar-refractivity contribution in [3.8, 4) is 0 Å². The summed E-state index contributed by atoms with van der Waals surface area (Å²) in [6, 6.07) is 8.18. The number of thioether (sulfide) groups is 1. The minimum atomic E-state index is 0.508. The third-order valence-corrected chi connectivity index (χ3v) is 4.25. The molecule has 0 aliphatic carbocycles. The lowest BCUT2D eigenvalue weighted by Gasteiger charge is -2.07. The Morgan fingerprint density at radius 3 is 2.61 bits per heavy atom. The Hall–Kier alpha value is -0.540. The van der Waals surface area contributed by atoms with E-state index in [9.17, 15) is 0 Å². The molecule has 100 valence electrons. The molecule has 0 aliphatic rings. The van der Waals surface area contributed by atoms with E-state index in [0.717, 1.165) is 11.3 Å². The Kier molecular flexibility index (Phi) is 8.10. The van der Waals surface area contributed by atoms with Crippen molar-refractivity contribution in [2.45, 2.75) is 44.8 Å². The Morgan fingerprint density at radius 1 is 1.17 bits per heavy atom. The average molecular weight is 281 g/mol. The highest BCUT2D eigenvalue weighted by atomic mass is 32.2. The van der Waals surface area contributed by atoms with Crippen LogP contribution in [0.15, 0.2) is 24.3 Å². The standard InChI is InChI=1S/C15H23NS2/c1-2-3-4-5-8-11-18-12-13-9-6-7-10-14(13)15(16)17/h6-7,9-10H,2-5,8,11-12H2,1H3,(H2,16,17). The van der Waals surface area contributed by atoms with Gasteiger partial charge in [-0.3, -0.25) is 0 Å². The second-order valence-electron chi connectivity index (χ2n) is 4.49. The first-order chi connectivity index (χ1) is 8.75. The molecule has 0 bridgehead atoms. The molecular formula is C15H23NS2. The SMILES string of the molecule is CCCCCCCSCc1ccccc1C(N)=S. The van der Waals surface area contributed by atoms with E-state index in [1.807, 2.05) is 23.9 Å². The van der Waals surface area contributed by atoms with Crippen molar-refractivity contribution in [2.75, 3.05) is 5.75 Å². The van der Waals surface area contributed by atoms with Crippen LogP contribution in [-0.4, -0.2) is 10.7 Å². The zero-order valence-electron chi connectivity index (χ0n) is 11.2. The normalized spacial score (nSPS) is 10.5. The van der Waals surface area contributed by atoms with Crippen molar-refractivity contribution >= 4 is 29.0 Å². The van der Waals surface area contributed by atoms with Crippen molar-refractivity contribution in [3.63, 3.8) is 0 Å². The van der Waals surface area contributed by atoms with Crippen LogP contribution >= 0.6 is 24.0 Å². The van der Waals surface area contributed by atoms with E-state index in [-0.39, 0.29) is 0 Å². The van der Waals surface area contributed by atoms with E-state index in [1.54, 1.807) is 0 Å². The van der Waals surface area contributed by atoms with Gasteiger partial charge in [0.2, 0.25) is 0 Å². The molecule has 1 rings (SSSR count). The van der Waals surface area contributed by atoms with Crippen LogP contribution in [-0.2, 0) is 5.75 Å². The Bertz CT molecular complexity index is 363. The summed E-state index contributed by atoms with van der Waals surface area (Å²) in [5.41, 5.74) is 8.02. The number of thiocarbonyl (C=S) groups is 1. The smallest absolute Gasteiger partial charge is 0.104 e. The van der Waals surface area contributed by atoms with Crippen molar-refractivity contribution < 1.29 is 0 Å². The fraction of sp³-hybridized carbons (Fsp3) is 0.533. The molecular weight excluding hydrogens is 258 g/mol. The van der Waals surface area contributed by atoms with E-state index in [0.29, 0.717) is 4.99 Å². The third kappa shape index (κ3) is 5.87. The Morgan fingerprint density at radius 2 is 1.89 bits per heavy atom. The molecule has 0 aromatic heterocycles. The van der Waals surface area contributed by atoms with Gasteiger partial charge in [0.1, 0.15) is 4.99 Å². The summed E-state index contributed by atoms with van der Waals surface area (Å²) in [5, 5.41) is 0. The molecule has 0 spiro atoms. The van der Waals surface area contributed by atoms with Crippen LogP contribution in [0, 0.1) is 0 Å². The summed E-state index contributed by atoms with van der Waals surface area (Å²) in [6.45, 7) is 2.25. The van der Waals surface area contributed by atoms with Gasteiger partial charge in [-0.25, -0.2) is 0 Å². The minimum absolute atomic E-state index is 0.508. The summed E-state index contributed by atoms with van der Waals surface area (Å²) in [4.78, 5) is 0.508. The number of unbranched alkanes of at least 4 members (excludes halogenated alkanes) is 4. The molecule has 0 fully saturated rings. The fourth-order valence-electron chi connectivity index (χ4n) is 1.88. The lowest BCUT2D eigenvalue weighted by molar-refractivity contribution is 0.659. The van der Waals surface area contributed by atoms with Crippen LogP contribution < -0.4 is 5.73 Å². The van der Waals surface area contributed by atoms with Gasteiger partial charge in [0.05, 0.1) is 0 Å². The van der Waals surface area contributed by atoms with Crippen LogP contribution in [0.3, 0.4) is 0 Å². The number of hydrogen-bond donors (Lipinski definition) is 1. The lowest BCUT2D eigenvalue weighted by atomic mass is 10.1. The number of hydrogen-bond acceptors (Lipinski definition) is 2. The van der Waals surface area contributed by atoms with E-state index >= 15 is 0 Å². The second kappa shape index (κ2) is 9.40. The first kappa shape index (κ1) is 15.5. The zero-order valence-corrected chi connectivity index (χ0v) is 12.8. The van der Waals surface area contributed by atoms with Crippen LogP contribution in [0.1, 0.15) is 50.2 Å². The number of nitrogens with two attached hydrogens (primary N) is 1. The molecule has 1 aromatic carbocycles. The van der Waals surface area contributed by atoms with Gasteiger partial charge >= 0.3 is 0 Å². The lowest BCUT2D eigenvalue weighted by Crippen LogP contribution is -2.11. The summed E-state index contributed by atoms with van der Waals surface area (Å²) in [7, 11) is 0.